The molecule has 0 spiro atoms. The summed E-state index contributed by atoms with van der Waals surface area (Å²) in [4.78, 5) is 0.188. The maximum atomic E-state index is 11.5. The standard InChI is InChI=1S/C14H22N2O2S/c1-2-11-7-9-12(10-8-11)16-13-5-3-4-6-14(13)19(15,17)18/h3-6,11-12,16H,2,7-10H2,1H3,(H2,15,17,18). The van der Waals surface area contributed by atoms with Crippen LogP contribution < -0.4 is 10.5 Å². The zero-order valence-corrected chi connectivity index (χ0v) is 12.1. The molecule has 0 unspecified atom stereocenters. The number of benzene rings is 1. The fourth-order valence-corrected chi connectivity index (χ4v) is 3.47. The van der Waals surface area contributed by atoms with Gasteiger partial charge in [0.2, 0.25) is 10.0 Å². The normalized spacial score (nSPS) is 24.1. The van der Waals surface area contributed by atoms with E-state index in [0.717, 1.165) is 18.8 Å². The molecule has 0 radical (unpaired) electrons. The van der Waals surface area contributed by atoms with Crippen molar-refractivity contribution in [3.8, 4) is 0 Å². The lowest BCUT2D eigenvalue weighted by molar-refractivity contribution is 0.330. The average molecular weight is 282 g/mol. The summed E-state index contributed by atoms with van der Waals surface area (Å²) in [6.07, 6.45) is 5.85. The van der Waals surface area contributed by atoms with Gasteiger partial charge in [0.1, 0.15) is 4.90 Å². The highest BCUT2D eigenvalue weighted by atomic mass is 32.2. The smallest absolute Gasteiger partial charge is 0.240 e. The number of rotatable bonds is 4. The van der Waals surface area contributed by atoms with Gasteiger partial charge in [-0.25, -0.2) is 13.6 Å². The third kappa shape index (κ3) is 3.70. The van der Waals surface area contributed by atoms with Crippen molar-refractivity contribution in [2.24, 2.45) is 11.1 Å². The topological polar surface area (TPSA) is 72.2 Å². The number of primary sulfonamides is 1. The van der Waals surface area contributed by atoms with Crippen LogP contribution in [0.25, 0.3) is 0 Å². The fraction of sp³-hybridized carbons (Fsp3) is 0.571. The number of sulfonamides is 1. The number of anilines is 1. The summed E-state index contributed by atoms with van der Waals surface area (Å²) in [5.41, 5.74) is 0.630. The van der Waals surface area contributed by atoms with Gasteiger partial charge in [0.25, 0.3) is 0 Å². The van der Waals surface area contributed by atoms with Gasteiger partial charge in [-0.05, 0) is 43.7 Å². The molecular weight excluding hydrogens is 260 g/mol. The van der Waals surface area contributed by atoms with Gasteiger partial charge >= 0.3 is 0 Å². The van der Waals surface area contributed by atoms with E-state index in [0.29, 0.717) is 11.7 Å². The van der Waals surface area contributed by atoms with Crippen LogP contribution in [0.5, 0.6) is 0 Å². The summed E-state index contributed by atoms with van der Waals surface area (Å²) in [5, 5.41) is 8.58. The second-order valence-electron chi connectivity index (χ2n) is 5.31. The summed E-state index contributed by atoms with van der Waals surface area (Å²) in [7, 11) is -3.66. The summed E-state index contributed by atoms with van der Waals surface area (Å²) < 4.78 is 23.1. The van der Waals surface area contributed by atoms with E-state index in [1.165, 1.54) is 19.3 Å². The van der Waals surface area contributed by atoms with Gasteiger partial charge in [-0.3, -0.25) is 0 Å². The molecule has 2 rings (SSSR count). The minimum absolute atomic E-state index is 0.188. The number of para-hydroxylation sites is 1. The predicted octanol–water partition coefficient (Wildman–Crippen LogP) is 2.71. The predicted molar refractivity (Wildman–Crippen MR) is 77.5 cm³/mol. The Hall–Kier alpha value is -1.07. The Bertz CT molecular complexity index is 520. The lowest BCUT2D eigenvalue weighted by Gasteiger charge is -2.29. The van der Waals surface area contributed by atoms with Crippen molar-refractivity contribution in [1.29, 1.82) is 0 Å². The Kier molecular flexibility index (Phi) is 4.47. The van der Waals surface area contributed by atoms with Crippen LogP contribution in [0, 0.1) is 5.92 Å². The Labute approximate surface area is 115 Å². The van der Waals surface area contributed by atoms with Crippen LogP contribution in [0.15, 0.2) is 29.2 Å². The molecule has 3 N–H and O–H groups in total. The molecule has 0 atom stereocenters. The molecule has 106 valence electrons. The molecule has 1 saturated carbocycles. The Morgan fingerprint density at radius 3 is 2.42 bits per heavy atom. The molecule has 1 aromatic carbocycles. The molecule has 1 aliphatic rings. The lowest BCUT2D eigenvalue weighted by atomic mass is 9.84. The van der Waals surface area contributed by atoms with Gasteiger partial charge in [-0.15, -0.1) is 0 Å². The van der Waals surface area contributed by atoms with E-state index in [-0.39, 0.29) is 4.90 Å². The van der Waals surface area contributed by atoms with Crippen LogP contribution >= 0.6 is 0 Å². The summed E-state index contributed by atoms with van der Waals surface area (Å²) in [6.45, 7) is 2.23. The molecular formula is C14H22N2O2S. The zero-order valence-electron chi connectivity index (χ0n) is 11.3. The molecule has 0 bridgehead atoms. The highest BCUT2D eigenvalue weighted by Gasteiger charge is 2.21. The van der Waals surface area contributed by atoms with Gasteiger partial charge in [0.05, 0.1) is 5.69 Å². The zero-order chi connectivity index (χ0) is 13.9. The first-order chi connectivity index (χ1) is 9.00. The van der Waals surface area contributed by atoms with Crippen molar-refractivity contribution in [2.45, 2.75) is 50.0 Å². The Morgan fingerprint density at radius 1 is 1.21 bits per heavy atom. The SMILES string of the molecule is CCC1CCC(Nc2ccccc2S(N)(=O)=O)CC1. The fourth-order valence-electron chi connectivity index (χ4n) is 2.77. The monoisotopic (exact) mass is 282 g/mol. The van der Waals surface area contributed by atoms with E-state index in [1.54, 1.807) is 18.2 Å². The van der Waals surface area contributed by atoms with Crippen molar-refractivity contribution < 1.29 is 8.42 Å². The van der Waals surface area contributed by atoms with Gasteiger partial charge in [0, 0.05) is 6.04 Å². The Morgan fingerprint density at radius 2 is 1.84 bits per heavy atom. The molecule has 1 fully saturated rings. The Balaban J connectivity index is 2.08. The average Bonchev–Trinajstić information content (AvgIpc) is 2.39. The van der Waals surface area contributed by atoms with Crippen molar-refractivity contribution in [3.05, 3.63) is 24.3 Å². The van der Waals surface area contributed by atoms with Gasteiger partial charge in [0.15, 0.2) is 0 Å². The molecule has 0 aromatic heterocycles. The van der Waals surface area contributed by atoms with Crippen LogP contribution in [0.1, 0.15) is 39.0 Å². The van der Waals surface area contributed by atoms with Crippen LogP contribution in [-0.2, 0) is 10.0 Å². The van der Waals surface area contributed by atoms with Crippen LogP contribution in [0.2, 0.25) is 0 Å². The van der Waals surface area contributed by atoms with Crippen molar-refractivity contribution >= 4 is 15.7 Å². The first-order valence-corrected chi connectivity index (χ1v) is 8.43. The van der Waals surface area contributed by atoms with Gasteiger partial charge in [-0.2, -0.15) is 0 Å². The quantitative estimate of drug-likeness (QED) is 0.892. The van der Waals surface area contributed by atoms with E-state index >= 15 is 0 Å². The third-order valence-electron chi connectivity index (χ3n) is 3.98. The highest BCUT2D eigenvalue weighted by molar-refractivity contribution is 7.89. The molecule has 0 aliphatic heterocycles. The molecule has 0 heterocycles. The molecule has 0 amide bonds. The van der Waals surface area contributed by atoms with Gasteiger partial charge < -0.3 is 5.32 Å². The van der Waals surface area contributed by atoms with E-state index in [9.17, 15) is 8.42 Å². The number of nitrogens with two attached hydrogens (primary N) is 1. The van der Waals surface area contributed by atoms with Crippen LogP contribution in [0.3, 0.4) is 0 Å². The van der Waals surface area contributed by atoms with Crippen LogP contribution in [0.4, 0.5) is 5.69 Å². The van der Waals surface area contributed by atoms with Crippen LogP contribution in [-0.4, -0.2) is 14.5 Å². The molecule has 5 heteroatoms. The number of hydrogen-bond donors (Lipinski definition) is 2. The van der Waals surface area contributed by atoms with E-state index in [1.807, 2.05) is 6.07 Å². The molecule has 1 aromatic rings. The van der Waals surface area contributed by atoms with Crippen molar-refractivity contribution in [1.82, 2.24) is 0 Å². The summed E-state index contributed by atoms with van der Waals surface area (Å²) in [6, 6.07) is 7.21. The second kappa shape index (κ2) is 5.92. The number of hydrogen-bond acceptors (Lipinski definition) is 3. The molecule has 1 aliphatic carbocycles. The van der Waals surface area contributed by atoms with E-state index in [4.69, 9.17) is 5.14 Å². The minimum Gasteiger partial charge on any atom is -0.381 e. The molecule has 0 saturated heterocycles. The van der Waals surface area contributed by atoms with Gasteiger partial charge in [-0.1, -0.05) is 25.5 Å². The highest BCUT2D eigenvalue weighted by Crippen LogP contribution is 2.30. The molecule has 4 nitrogen and oxygen atoms in total. The summed E-state index contributed by atoms with van der Waals surface area (Å²) in [5.74, 6) is 0.825. The van der Waals surface area contributed by atoms with Crippen molar-refractivity contribution in [2.75, 3.05) is 5.32 Å². The van der Waals surface area contributed by atoms with E-state index in [2.05, 4.69) is 12.2 Å². The largest absolute Gasteiger partial charge is 0.381 e. The van der Waals surface area contributed by atoms with Crippen molar-refractivity contribution in [3.63, 3.8) is 0 Å². The van der Waals surface area contributed by atoms with E-state index < -0.39 is 10.0 Å². The minimum atomic E-state index is -3.66. The first-order valence-electron chi connectivity index (χ1n) is 6.89. The maximum absolute atomic E-state index is 11.5. The second-order valence-corrected chi connectivity index (χ2v) is 6.84. The first kappa shape index (κ1) is 14.3. The molecule has 19 heavy (non-hydrogen) atoms. The third-order valence-corrected chi connectivity index (χ3v) is 4.95. The number of nitrogens with one attached hydrogen (secondary N) is 1. The maximum Gasteiger partial charge on any atom is 0.240 e. The lowest BCUT2D eigenvalue weighted by Crippen LogP contribution is -2.27. The summed E-state index contributed by atoms with van der Waals surface area (Å²) >= 11 is 0.